The summed E-state index contributed by atoms with van der Waals surface area (Å²) in [4.78, 5) is 54.4. The van der Waals surface area contributed by atoms with Crippen LogP contribution in [0.15, 0.2) is 42.5 Å². The third kappa shape index (κ3) is 3.22. The van der Waals surface area contributed by atoms with Gasteiger partial charge in [0.1, 0.15) is 11.4 Å². The van der Waals surface area contributed by atoms with E-state index in [1.54, 1.807) is 24.3 Å². The summed E-state index contributed by atoms with van der Waals surface area (Å²) in [5.74, 6) is -2.61. The molecule has 3 heterocycles. The van der Waals surface area contributed by atoms with E-state index < -0.39 is 34.6 Å². The molecule has 0 saturated carbocycles. The van der Waals surface area contributed by atoms with Gasteiger partial charge in [-0.25, -0.2) is 4.90 Å². The Balaban J connectivity index is 1.58. The van der Waals surface area contributed by atoms with Gasteiger partial charge < -0.3 is 4.74 Å². The van der Waals surface area contributed by atoms with Crippen LogP contribution in [0.5, 0.6) is 5.75 Å². The second-order valence-electron chi connectivity index (χ2n) is 8.44. The van der Waals surface area contributed by atoms with Crippen molar-refractivity contribution in [2.75, 3.05) is 18.6 Å². The number of hydrogen-bond acceptors (Lipinski definition) is 7. The second kappa shape index (κ2) is 7.93. The van der Waals surface area contributed by atoms with E-state index in [-0.39, 0.29) is 28.9 Å². The number of methoxy groups -OCH3 is 1. The number of non-ortho nitro benzene ring substituents is 1. The minimum atomic E-state index is -0.866. The summed E-state index contributed by atoms with van der Waals surface area (Å²) in [6.07, 6.45) is 1.52. The molecule has 3 aliphatic heterocycles. The second-order valence-corrected chi connectivity index (χ2v) is 8.88. The predicted molar refractivity (Wildman–Crippen MR) is 118 cm³/mol. The average molecular weight is 470 g/mol. The summed E-state index contributed by atoms with van der Waals surface area (Å²) in [6, 6.07) is 9.22. The van der Waals surface area contributed by atoms with Gasteiger partial charge in [0.2, 0.25) is 11.8 Å². The molecule has 0 radical (unpaired) electrons. The van der Waals surface area contributed by atoms with E-state index in [1.165, 1.54) is 19.2 Å². The predicted octanol–water partition coefficient (Wildman–Crippen LogP) is 3.09. The minimum Gasteiger partial charge on any atom is -0.495 e. The Hall–Kier alpha value is -3.30. The lowest BCUT2D eigenvalue weighted by Crippen LogP contribution is -2.46. The Kier molecular flexibility index (Phi) is 5.18. The third-order valence-corrected chi connectivity index (χ3v) is 7.12. The van der Waals surface area contributed by atoms with E-state index in [0.29, 0.717) is 23.6 Å². The number of carbonyl (C=O) groups excluding carboxylic acids is 3. The van der Waals surface area contributed by atoms with Crippen LogP contribution >= 0.6 is 11.6 Å². The number of Topliss-reactive ketones (excluding diaryl/α,β-unsaturated/α-hetero) is 1. The molecule has 0 spiro atoms. The number of carbonyl (C=O) groups is 3. The Morgan fingerprint density at radius 1 is 1.12 bits per heavy atom. The van der Waals surface area contributed by atoms with E-state index in [1.807, 2.05) is 4.90 Å². The van der Waals surface area contributed by atoms with Gasteiger partial charge in [0, 0.05) is 28.8 Å². The average Bonchev–Trinajstić information content (AvgIpc) is 3.45. The molecule has 0 aliphatic carbocycles. The first-order chi connectivity index (χ1) is 15.8. The first kappa shape index (κ1) is 21.5. The van der Waals surface area contributed by atoms with E-state index in [2.05, 4.69) is 0 Å². The van der Waals surface area contributed by atoms with Gasteiger partial charge in [0.25, 0.3) is 5.69 Å². The number of hydrogen-bond donors (Lipinski definition) is 0. The molecule has 0 unspecified atom stereocenters. The first-order valence-corrected chi connectivity index (χ1v) is 11.0. The van der Waals surface area contributed by atoms with Crippen LogP contribution in [0.3, 0.4) is 0 Å². The van der Waals surface area contributed by atoms with Crippen LogP contribution in [0.1, 0.15) is 23.2 Å². The molecule has 170 valence electrons. The van der Waals surface area contributed by atoms with Gasteiger partial charge >= 0.3 is 0 Å². The number of benzene rings is 2. The standard InChI is InChI=1S/C23H20ClN3O6/c1-33-17-9-8-14(27(31)32)11-16(17)26-22(29)18-15-3-2-10-25(15)20(19(18)23(26)30)21(28)12-4-6-13(24)7-5-12/h4-9,11,15,18-20H,2-3,10H2,1H3/t15-,18+,19+,20-/m1/s1. The Morgan fingerprint density at radius 3 is 2.48 bits per heavy atom. The molecule has 2 amide bonds. The maximum atomic E-state index is 13.7. The fraction of sp³-hybridized carbons (Fsp3) is 0.348. The molecular formula is C23H20ClN3O6. The fourth-order valence-electron chi connectivity index (χ4n) is 5.50. The van der Waals surface area contributed by atoms with Crippen LogP contribution in [0, 0.1) is 22.0 Å². The zero-order valence-electron chi connectivity index (χ0n) is 17.6. The van der Waals surface area contributed by atoms with Crippen LogP contribution in [0.2, 0.25) is 5.02 Å². The lowest BCUT2D eigenvalue weighted by atomic mass is 9.85. The zero-order chi connectivity index (χ0) is 23.4. The van der Waals surface area contributed by atoms with E-state index >= 15 is 0 Å². The molecule has 10 heteroatoms. The molecule has 5 rings (SSSR count). The lowest BCUT2D eigenvalue weighted by Gasteiger charge is -2.28. The monoisotopic (exact) mass is 469 g/mol. The van der Waals surface area contributed by atoms with Crippen molar-refractivity contribution in [2.24, 2.45) is 11.8 Å². The number of anilines is 1. The molecule has 33 heavy (non-hydrogen) atoms. The van der Waals surface area contributed by atoms with Crippen LogP contribution in [0.4, 0.5) is 11.4 Å². The van der Waals surface area contributed by atoms with Gasteiger partial charge in [0.15, 0.2) is 5.78 Å². The van der Waals surface area contributed by atoms with Crippen molar-refractivity contribution < 1.29 is 24.0 Å². The highest BCUT2D eigenvalue weighted by molar-refractivity contribution is 6.30. The molecule has 2 aromatic carbocycles. The number of ketones is 1. The Labute approximate surface area is 194 Å². The number of nitrogens with zero attached hydrogens (tertiary/aromatic N) is 3. The van der Waals surface area contributed by atoms with Crippen molar-refractivity contribution in [1.82, 2.24) is 4.90 Å². The van der Waals surface area contributed by atoms with Gasteiger partial charge in [-0.15, -0.1) is 0 Å². The van der Waals surface area contributed by atoms with Crippen LogP contribution in [-0.4, -0.2) is 53.2 Å². The molecule has 3 saturated heterocycles. The van der Waals surface area contributed by atoms with Crippen molar-refractivity contribution in [3.05, 3.63) is 63.2 Å². The number of nitro groups is 1. The Bertz CT molecular complexity index is 1180. The lowest BCUT2D eigenvalue weighted by molar-refractivity contribution is -0.384. The van der Waals surface area contributed by atoms with Crippen LogP contribution in [-0.2, 0) is 9.59 Å². The normalized spacial score (nSPS) is 26.4. The molecular weight excluding hydrogens is 450 g/mol. The largest absolute Gasteiger partial charge is 0.495 e. The van der Waals surface area contributed by atoms with Crippen LogP contribution < -0.4 is 9.64 Å². The summed E-state index contributed by atoms with van der Waals surface area (Å²) in [7, 11) is 1.36. The van der Waals surface area contributed by atoms with Gasteiger partial charge in [0.05, 0.1) is 29.9 Å². The number of amides is 2. The molecule has 0 aromatic heterocycles. The highest BCUT2D eigenvalue weighted by atomic mass is 35.5. The van der Waals surface area contributed by atoms with Crippen molar-refractivity contribution >= 4 is 40.6 Å². The van der Waals surface area contributed by atoms with Crippen molar-refractivity contribution in [2.45, 2.75) is 24.9 Å². The Morgan fingerprint density at radius 2 is 1.82 bits per heavy atom. The summed E-state index contributed by atoms with van der Waals surface area (Å²) in [6.45, 7) is 0.627. The van der Waals surface area contributed by atoms with E-state index in [9.17, 15) is 24.5 Å². The minimum absolute atomic E-state index is 0.0262. The van der Waals surface area contributed by atoms with Crippen molar-refractivity contribution in [3.8, 4) is 5.75 Å². The molecule has 0 N–H and O–H groups in total. The molecule has 0 bridgehead atoms. The van der Waals surface area contributed by atoms with Crippen molar-refractivity contribution in [1.29, 1.82) is 0 Å². The van der Waals surface area contributed by atoms with Gasteiger partial charge in [-0.05, 0) is 49.7 Å². The molecule has 3 aliphatic rings. The smallest absolute Gasteiger partial charge is 0.271 e. The molecule has 4 atom stereocenters. The molecule has 3 fully saturated rings. The van der Waals surface area contributed by atoms with Crippen molar-refractivity contribution in [3.63, 3.8) is 0 Å². The summed E-state index contributed by atoms with van der Waals surface area (Å²) < 4.78 is 5.29. The van der Waals surface area contributed by atoms with E-state index in [4.69, 9.17) is 16.3 Å². The zero-order valence-corrected chi connectivity index (χ0v) is 18.4. The number of fused-ring (bicyclic) bond motifs is 3. The van der Waals surface area contributed by atoms with Gasteiger partial charge in [-0.1, -0.05) is 11.6 Å². The topological polar surface area (TPSA) is 110 Å². The maximum Gasteiger partial charge on any atom is 0.271 e. The highest BCUT2D eigenvalue weighted by Crippen LogP contribution is 2.50. The maximum absolute atomic E-state index is 13.7. The summed E-state index contributed by atoms with van der Waals surface area (Å²) >= 11 is 5.96. The number of nitro benzene ring substituents is 1. The van der Waals surface area contributed by atoms with Gasteiger partial charge in [-0.3, -0.25) is 29.4 Å². The van der Waals surface area contributed by atoms with Crippen LogP contribution in [0.25, 0.3) is 0 Å². The summed E-state index contributed by atoms with van der Waals surface area (Å²) in [5, 5.41) is 11.8. The quantitative estimate of drug-likeness (QED) is 0.286. The highest BCUT2D eigenvalue weighted by Gasteiger charge is 2.65. The fourth-order valence-corrected chi connectivity index (χ4v) is 5.63. The number of rotatable bonds is 5. The van der Waals surface area contributed by atoms with E-state index in [0.717, 1.165) is 17.4 Å². The SMILES string of the molecule is COc1ccc([N+](=O)[O-])cc1N1C(=O)[C@@H]2[C@H](C1=O)[C@H](C(=O)c1ccc(Cl)cc1)N1CCC[C@H]21. The van der Waals surface area contributed by atoms with Gasteiger partial charge in [-0.2, -0.15) is 0 Å². The summed E-state index contributed by atoms with van der Waals surface area (Å²) in [5.41, 5.74) is 0.181. The number of halogens is 1. The number of ether oxygens (including phenoxy) is 1. The molecule has 2 aromatic rings. The molecule has 9 nitrogen and oxygen atoms in total. The number of imide groups is 1. The first-order valence-electron chi connectivity index (χ1n) is 10.6. The third-order valence-electron chi connectivity index (χ3n) is 6.86.